The van der Waals surface area contributed by atoms with E-state index in [4.69, 9.17) is 0 Å². The molecule has 3 N–H and O–H groups in total. The lowest BCUT2D eigenvalue weighted by Crippen LogP contribution is -2.57. The molecule has 3 saturated heterocycles. The molecule has 2 unspecified atom stereocenters. The van der Waals surface area contributed by atoms with Crippen molar-refractivity contribution in [1.82, 2.24) is 15.5 Å². The number of carbonyl (C=O) groups excluding carboxylic acids is 3. The van der Waals surface area contributed by atoms with E-state index in [1.165, 1.54) is 0 Å². The predicted molar refractivity (Wildman–Crippen MR) is 104 cm³/mol. The van der Waals surface area contributed by atoms with Crippen LogP contribution >= 0.6 is 11.8 Å². The van der Waals surface area contributed by atoms with Gasteiger partial charge in [0.1, 0.15) is 6.04 Å². The van der Waals surface area contributed by atoms with Crippen molar-refractivity contribution in [3.05, 3.63) is 0 Å². The van der Waals surface area contributed by atoms with E-state index in [1.807, 2.05) is 20.8 Å². The van der Waals surface area contributed by atoms with E-state index in [1.54, 1.807) is 23.6 Å². The molecule has 0 aromatic heterocycles. The molecule has 0 aliphatic carbocycles. The Balaban J connectivity index is 1.98. The first-order valence-electron chi connectivity index (χ1n) is 9.97. The summed E-state index contributed by atoms with van der Waals surface area (Å²) in [4.78, 5) is 40.9. The van der Waals surface area contributed by atoms with Gasteiger partial charge in [-0.05, 0) is 40.0 Å². The first-order valence-corrected chi connectivity index (χ1v) is 10.8. The summed E-state index contributed by atoms with van der Waals surface area (Å²) in [5.41, 5.74) is 0. The van der Waals surface area contributed by atoms with Gasteiger partial charge in [0, 0.05) is 17.8 Å². The van der Waals surface area contributed by atoms with E-state index >= 15 is 0 Å². The Hall–Kier alpha value is -1.28. The topological polar surface area (TPSA) is 98.7 Å². The van der Waals surface area contributed by atoms with E-state index in [0.717, 1.165) is 19.3 Å². The lowest BCUT2D eigenvalue weighted by molar-refractivity contribution is -0.142. The molecule has 6 atom stereocenters. The molecule has 7 nitrogen and oxygen atoms in total. The fourth-order valence-electron chi connectivity index (χ4n) is 4.98. The maximum atomic E-state index is 13.4. The van der Waals surface area contributed by atoms with Crippen molar-refractivity contribution < 1.29 is 19.5 Å². The van der Waals surface area contributed by atoms with E-state index in [9.17, 15) is 19.5 Å². The normalized spacial score (nSPS) is 35.5. The molecule has 0 saturated carbocycles. The SMILES string of the molecule is CCCNC(=O)[C@@H]1[C@H]2C(=O)N([C@H](C)CO)C(C(=O)NC(C)C)C23CC[C@H]1S3. The smallest absolute Gasteiger partial charge is 0.244 e. The fourth-order valence-corrected chi connectivity index (χ4v) is 7.19. The van der Waals surface area contributed by atoms with Gasteiger partial charge < -0.3 is 20.6 Å². The largest absolute Gasteiger partial charge is 0.394 e. The number of aliphatic hydroxyl groups is 1. The van der Waals surface area contributed by atoms with Crippen molar-refractivity contribution in [2.45, 2.75) is 75.1 Å². The number of fused-ring (bicyclic) bond motifs is 1. The summed E-state index contributed by atoms with van der Waals surface area (Å²) in [5, 5.41) is 15.7. The zero-order valence-electron chi connectivity index (χ0n) is 16.5. The molecule has 3 rings (SSSR count). The molecule has 3 heterocycles. The Labute approximate surface area is 165 Å². The van der Waals surface area contributed by atoms with Crippen LogP contribution in [0.5, 0.6) is 0 Å². The average Bonchev–Trinajstić information content (AvgIpc) is 3.25. The second-order valence-corrected chi connectivity index (χ2v) is 9.89. The van der Waals surface area contributed by atoms with Gasteiger partial charge >= 0.3 is 0 Å². The molecule has 0 aromatic carbocycles. The molecule has 3 amide bonds. The Bertz CT molecular complexity index is 628. The van der Waals surface area contributed by atoms with Gasteiger partial charge in [-0.2, -0.15) is 0 Å². The maximum Gasteiger partial charge on any atom is 0.244 e. The number of rotatable bonds is 7. The molecule has 1 spiro atoms. The van der Waals surface area contributed by atoms with E-state index in [-0.39, 0.29) is 35.6 Å². The molecular formula is C19H31N3O4S. The number of thioether (sulfide) groups is 1. The van der Waals surface area contributed by atoms with Gasteiger partial charge in [-0.1, -0.05) is 6.92 Å². The summed E-state index contributed by atoms with van der Waals surface area (Å²) >= 11 is 1.65. The molecule has 8 heteroatoms. The summed E-state index contributed by atoms with van der Waals surface area (Å²) < 4.78 is -0.571. The van der Waals surface area contributed by atoms with Crippen LogP contribution in [0.25, 0.3) is 0 Å². The molecule has 152 valence electrons. The van der Waals surface area contributed by atoms with E-state index in [2.05, 4.69) is 10.6 Å². The van der Waals surface area contributed by atoms with Gasteiger partial charge in [0.05, 0.1) is 29.2 Å². The monoisotopic (exact) mass is 397 g/mol. The molecule has 3 fully saturated rings. The summed E-state index contributed by atoms with van der Waals surface area (Å²) in [5.74, 6) is -1.30. The van der Waals surface area contributed by atoms with Crippen LogP contribution in [0.3, 0.4) is 0 Å². The summed E-state index contributed by atoms with van der Waals surface area (Å²) in [6.07, 6.45) is 2.43. The summed E-state index contributed by atoms with van der Waals surface area (Å²) in [6.45, 7) is 7.92. The van der Waals surface area contributed by atoms with Crippen LogP contribution in [-0.2, 0) is 14.4 Å². The average molecular weight is 398 g/mol. The van der Waals surface area contributed by atoms with Crippen molar-refractivity contribution in [3.63, 3.8) is 0 Å². The Morgan fingerprint density at radius 3 is 2.63 bits per heavy atom. The first kappa shape index (κ1) is 20.5. The van der Waals surface area contributed by atoms with Crippen molar-refractivity contribution in [2.75, 3.05) is 13.2 Å². The quantitative estimate of drug-likeness (QED) is 0.581. The number of hydrogen-bond acceptors (Lipinski definition) is 5. The van der Waals surface area contributed by atoms with Gasteiger partial charge in [0.15, 0.2) is 0 Å². The number of carbonyl (C=O) groups is 3. The summed E-state index contributed by atoms with van der Waals surface area (Å²) in [6, 6.07) is -1.14. The second-order valence-electron chi connectivity index (χ2n) is 8.29. The standard InChI is InChI=1S/C19H31N3O4S/c1-5-8-20-16(24)13-12-6-7-19(27-12)14(13)18(26)22(11(4)9-23)15(19)17(25)21-10(2)3/h10-15,23H,5-9H2,1-4H3,(H,20,24)(H,21,25)/t11-,12-,13+,14+,15?,19?/m1/s1. The molecule has 0 aromatic rings. The van der Waals surface area contributed by atoms with Gasteiger partial charge in [-0.15, -0.1) is 11.8 Å². The highest BCUT2D eigenvalue weighted by Gasteiger charge is 2.73. The lowest BCUT2D eigenvalue weighted by Gasteiger charge is -2.36. The van der Waals surface area contributed by atoms with Crippen LogP contribution in [-0.4, -0.2) is 69.0 Å². The van der Waals surface area contributed by atoms with Crippen LogP contribution in [0, 0.1) is 11.8 Å². The van der Waals surface area contributed by atoms with Crippen LogP contribution in [0.1, 0.15) is 47.0 Å². The van der Waals surface area contributed by atoms with Gasteiger partial charge in [-0.25, -0.2) is 0 Å². The highest BCUT2D eigenvalue weighted by atomic mass is 32.2. The van der Waals surface area contributed by atoms with Crippen molar-refractivity contribution >= 4 is 29.5 Å². The molecule has 27 heavy (non-hydrogen) atoms. The second kappa shape index (κ2) is 7.62. The van der Waals surface area contributed by atoms with Gasteiger partial charge in [0.2, 0.25) is 17.7 Å². The molecule has 2 bridgehead atoms. The third-order valence-corrected chi connectivity index (χ3v) is 7.96. The Morgan fingerprint density at radius 2 is 2.04 bits per heavy atom. The zero-order valence-corrected chi connectivity index (χ0v) is 17.3. The number of nitrogens with zero attached hydrogens (tertiary/aromatic N) is 1. The Morgan fingerprint density at radius 1 is 1.33 bits per heavy atom. The van der Waals surface area contributed by atoms with Crippen LogP contribution in [0.2, 0.25) is 0 Å². The predicted octanol–water partition coefficient (Wildman–Crippen LogP) is 0.509. The fraction of sp³-hybridized carbons (Fsp3) is 0.842. The zero-order chi connectivity index (χ0) is 19.9. The minimum Gasteiger partial charge on any atom is -0.394 e. The van der Waals surface area contributed by atoms with E-state index < -0.39 is 28.7 Å². The molecule has 0 radical (unpaired) electrons. The van der Waals surface area contributed by atoms with Gasteiger partial charge in [0.25, 0.3) is 0 Å². The van der Waals surface area contributed by atoms with Crippen molar-refractivity contribution in [1.29, 1.82) is 0 Å². The lowest BCUT2D eigenvalue weighted by atomic mass is 9.70. The summed E-state index contributed by atoms with van der Waals surface area (Å²) in [7, 11) is 0. The number of amides is 3. The minimum atomic E-state index is -0.640. The number of likely N-dealkylation sites (tertiary alicyclic amines) is 1. The van der Waals surface area contributed by atoms with E-state index in [0.29, 0.717) is 6.54 Å². The third kappa shape index (κ3) is 3.14. The first-order chi connectivity index (χ1) is 12.8. The highest BCUT2D eigenvalue weighted by molar-refractivity contribution is 8.02. The number of hydrogen-bond donors (Lipinski definition) is 3. The number of nitrogens with one attached hydrogen (secondary N) is 2. The molecule has 3 aliphatic rings. The van der Waals surface area contributed by atoms with Crippen molar-refractivity contribution in [2.24, 2.45) is 11.8 Å². The van der Waals surface area contributed by atoms with Crippen LogP contribution in [0.4, 0.5) is 0 Å². The minimum absolute atomic E-state index is 0.0402. The highest BCUT2D eigenvalue weighted by Crippen LogP contribution is 2.66. The van der Waals surface area contributed by atoms with Crippen LogP contribution < -0.4 is 10.6 Å². The third-order valence-electron chi connectivity index (χ3n) is 6.01. The Kier molecular flexibility index (Phi) is 5.77. The van der Waals surface area contributed by atoms with Gasteiger partial charge in [-0.3, -0.25) is 14.4 Å². The van der Waals surface area contributed by atoms with Crippen LogP contribution in [0.15, 0.2) is 0 Å². The molecule has 3 aliphatic heterocycles. The number of aliphatic hydroxyl groups excluding tert-OH is 1. The molecular weight excluding hydrogens is 366 g/mol. The maximum absolute atomic E-state index is 13.4. The van der Waals surface area contributed by atoms with Crippen molar-refractivity contribution in [3.8, 4) is 0 Å².